The Morgan fingerprint density at radius 1 is 1.40 bits per heavy atom. The Kier molecular flexibility index (Phi) is 4.09. The molecule has 1 aromatic heterocycles. The Balaban J connectivity index is 2.13. The number of aromatic nitrogens is 1. The fraction of sp³-hybridized carbons (Fsp3) is 0.231. The van der Waals surface area contributed by atoms with Gasteiger partial charge in [-0.25, -0.2) is 4.98 Å². The van der Waals surface area contributed by atoms with Gasteiger partial charge in [0.2, 0.25) is 0 Å². The molecule has 2 aromatic rings. The molecule has 0 atom stereocenters. The van der Waals surface area contributed by atoms with Crippen molar-refractivity contribution < 1.29 is 14.8 Å². The summed E-state index contributed by atoms with van der Waals surface area (Å²) in [7, 11) is 0. The van der Waals surface area contributed by atoms with Crippen LogP contribution in [0.3, 0.4) is 0 Å². The van der Waals surface area contributed by atoms with E-state index in [9.17, 15) is 14.9 Å². The van der Waals surface area contributed by atoms with E-state index in [4.69, 9.17) is 5.11 Å². The number of aliphatic carboxylic acids is 1. The molecule has 1 heterocycles. The fourth-order valence-corrected chi connectivity index (χ4v) is 2.87. The molecule has 0 saturated heterocycles. The highest BCUT2D eigenvalue weighted by atomic mass is 32.1. The number of carboxylic acid groups (broad SMARTS) is 1. The maximum atomic E-state index is 10.7. The Bertz CT molecular complexity index is 649. The van der Waals surface area contributed by atoms with E-state index in [2.05, 4.69) is 4.98 Å². The molecule has 1 N–H and O–H groups in total. The van der Waals surface area contributed by atoms with Crippen molar-refractivity contribution in [3.63, 3.8) is 0 Å². The van der Waals surface area contributed by atoms with Crippen LogP contribution in [-0.2, 0) is 17.6 Å². The normalized spacial score (nSPS) is 10.4. The molecule has 0 aliphatic heterocycles. The summed E-state index contributed by atoms with van der Waals surface area (Å²) in [6.45, 7) is 1.79. The summed E-state index contributed by atoms with van der Waals surface area (Å²) in [5.74, 6) is -0.876. The number of rotatable bonds is 5. The maximum Gasteiger partial charge on any atom is 0.308 e. The Morgan fingerprint density at radius 3 is 2.60 bits per heavy atom. The van der Waals surface area contributed by atoms with E-state index >= 15 is 0 Å². The largest absolute Gasteiger partial charge is 0.481 e. The van der Waals surface area contributed by atoms with Gasteiger partial charge in [0.25, 0.3) is 5.69 Å². The monoisotopic (exact) mass is 292 g/mol. The average Bonchev–Trinajstić information content (AvgIpc) is 2.69. The van der Waals surface area contributed by atoms with Gasteiger partial charge in [0.1, 0.15) is 0 Å². The summed E-state index contributed by atoms with van der Waals surface area (Å²) in [5.41, 5.74) is 1.69. The number of carboxylic acids is 1. The molecule has 7 heteroatoms. The van der Waals surface area contributed by atoms with Crippen LogP contribution in [0, 0.1) is 17.0 Å². The van der Waals surface area contributed by atoms with Crippen LogP contribution in [0.1, 0.15) is 21.1 Å². The van der Waals surface area contributed by atoms with Gasteiger partial charge in [0.05, 0.1) is 22.0 Å². The van der Waals surface area contributed by atoms with E-state index in [1.54, 1.807) is 19.1 Å². The summed E-state index contributed by atoms with van der Waals surface area (Å²) >= 11 is 1.37. The maximum absolute atomic E-state index is 10.7. The van der Waals surface area contributed by atoms with Crippen molar-refractivity contribution in [3.8, 4) is 0 Å². The zero-order chi connectivity index (χ0) is 14.7. The third-order valence-electron chi connectivity index (χ3n) is 2.75. The Hall–Kier alpha value is -2.28. The highest BCUT2D eigenvalue weighted by Crippen LogP contribution is 2.22. The van der Waals surface area contributed by atoms with Crippen LogP contribution in [-0.4, -0.2) is 21.0 Å². The Morgan fingerprint density at radius 2 is 2.05 bits per heavy atom. The zero-order valence-corrected chi connectivity index (χ0v) is 11.5. The lowest BCUT2D eigenvalue weighted by atomic mass is 10.1. The standard InChI is InChI=1S/C13H12N2O4S/c1-8-11(7-13(16)17)20-12(14-8)6-9-2-4-10(5-3-9)15(18)19/h2-5H,6-7H2,1H3,(H,16,17). The van der Waals surface area contributed by atoms with E-state index in [0.717, 1.165) is 21.1 Å². The molecule has 0 spiro atoms. The second kappa shape index (κ2) is 5.79. The number of hydrogen-bond acceptors (Lipinski definition) is 5. The van der Waals surface area contributed by atoms with Crippen LogP contribution in [0.4, 0.5) is 5.69 Å². The minimum absolute atomic E-state index is 0.0240. The van der Waals surface area contributed by atoms with Crippen molar-refractivity contribution in [2.24, 2.45) is 0 Å². The highest BCUT2D eigenvalue weighted by Gasteiger charge is 2.12. The molecule has 6 nitrogen and oxygen atoms in total. The smallest absolute Gasteiger partial charge is 0.308 e. The van der Waals surface area contributed by atoms with Crippen LogP contribution in [0.5, 0.6) is 0 Å². The van der Waals surface area contributed by atoms with Gasteiger partial charge in [-0.05, 0) is 12.5 Å². The van der Waals surface area contributed by atoms with Crippen molar-refractivity contribution in [1.29, 1.82) is 0 Å². The summed E-state index contributed by atoms with van der Waals surface area (Å²) in [5, 5.41) is 20.2. The number of non-ortho nitro benzene ring substituents is 1. The minimum atomic E-state index is -0.876. The molecule has 0 aliphatic carbocycles. The van der Waals surface area contributed by atoms with Crippen molar-refractivity contribution in [2.45, 2.75) is 19.8 Å². The predicted molar refractivity (Wildman–Crippen MR) is 74.1 cm³/mol. The molecule has 0 radical (unpaired) electrons. The molecule has 104 valence electrons. The summed E-state index contributed by atoms with van der Waals surface area (Å²) < 4.78 is 0. The minimum Gasteiger partial charge on any atom is -0.481 e. The van der Waals surface area contributed by atoms with E-state index in [-0.39, 0.29) is 12.1 Å². The van der Waals surface area contributed by atoms with Crippen LogP contribution < -0.4 is 0 Å². The predicted octanol–water partition coefficient (Wildman–Crippen LogP) is 2.58. The molecular formula is C13H12N2O4S. The number of nitro benzene ring substituents is 1. The van der Waals surface area contributed by atoms with Crippen LogP contribution in [0.25, 0.3) is 0 Å². The second-order valence-electron chi connectivity index (χ2n) is 4.29. The third kappa shape index (κ3) is 3.39. The van der Waals surface area contributed by atoms with Gasteiger partial charge in [-0.3, -0.25) is 14.9 Å². The van der Waals surface area contributed by atoms with Crippen LogP contribution in [0.2, 0.25) is 0 Å². The topological polar surface area (TPSA) is 93.3 Å². The number of carbonyl (C=O) groups is 1. The van der Waals surface area contributed by atoms with Gasteiger partial charge in [-0.2, -0.15) is 0 Å². The lowest BCUT2D eigenvalue weighted by Gasteiger charge is -1.97. The number of nitrogens with zero attached hydrogens (tertiary/aromatic N) is 2. The van der Waals surface area contributed by atoms with Crippen LogP contribution >= 0.6 is 11.3 Å². The SMILES string of the molecule is Cc1nc(Cc2ccc([N+](=O)[O-])cc2)sc1CC(=O)O. The Labute approximate surface area is 118 Å². The molecule has 20 heavy (non-hydrogen) atoms. The van der Waals surface area contributed by atoms with Gasteiger partial charge >= 0.3 is 5.97 Å². The van der Waals surface area contributed by atoms with Crippen molar-refractivity contribution >= 4 is 23.0 Å². The van der Waals surface area contributed by atoms with Crippen molar-refractivity contribution in [3.05, 3.63) is 55.5 Å². The first-order chi connectivity index (χ1) is 9.45. The fourth-order valence-electron chi connectivity index (χ4n) is 1.78. The second-order valence-corrected chi connectivity index (χ2v) is 5.46. The van der Waals surface area contributed by atoms with Gasteiger partial charge in [-0.1, -0.05) is 12.1 Å². The molecular weight excluding hydrogens is 280 g/mol. The number of nitro groups is 1. The van der Waals surface area contributed by atoms with Crippen molar-refractivity contribution in [2.75, 3.05) is 0 Å². The molecule has 0 unspecified atom stereocenters. The van der Waals surface area contributed by atoms with E-state index in [1.165, 1.54) is 23.5 Å². The van der Waals surface area contributed by atoms with Gasteiger partial charge in [0, 0.05) is 23.4 Å². The number of thiazole rings is 1. The van der Waals surface area contributed by atoms with Gasteiger partial charge in [-0.15, -0.1) is 11.3 Å². The van der Waals surface area contributed by atoms with Crippen molar-refractivity contribution in [1.82, 2.24) is 4.98 Å². The van der Waals surface area contributed by atoms with Gasteiger partial charge in [0.15, 0.2) is 0 Å². The third-order valence-corrected chi connectivity index (χ3v) is 3.91. The average molecular weight is 292 g/mol. The summed E-state index contributed by atoms with van der Waals surface area (Å²) in [4.78, 5) is 25.9. The zero-order valence-electron chi connectivity index (χ0n) is 10.7. The number of benzene rings is 1. The summed E-state index contributed by atoms with van der Waals surface area (Å²) in [6.07, 6.45) is 0.521. The lowest BCUT2D eigenvalue weighted by Crippen LogP contribution is -1.99. The van der Waals surface area contributed by atoms with Gasteiger partial charge < -0.3 is 5.11 Å². The lowest BCUT2D eigenvalue weighted by molar-refractivity contribution is -0.384. The molecule has 0 bridgehead atoms. The van der Waals surface area contributed by atoms with E-state index < -0.39 is 10.9 Å². The number of aryl methyl sites for hydroxylation is 1. The van der Waals surface area contributed by atoms with E-state index in [1.807, 2.05) is 0 Å². The molecule has 0 amide bonds. The number of hydrogen-bond donors (Lipinski definition) is 1. The quantitative estimate of drug-likeness (QED) is 0.675. The molecule has 1 aromatic carbocycles. The first kappa shape index (κ1) is 14.1. The summed E-state index contributed by atoms with van der Waals surface area (Å²) in [6, 6.07) is 6.28. The molecule has 0 saturated carbocycles. The first-order valence-electron chi connectivity index (χ1n) is 5.86. The highest BCUT2D eigenvalue weighted by molar-refractivity contribution is 7.11. The molecule has 0 fully saturated rings. The molecule has 0 aliphatic rings. The molecule has 2 rings (SSSR count). The van der Waals surface area contributed by atoms with Crippen LogP contribution in [0.15, 0.2) is 24.3 Å². The first-order valence-corrected chi connectivity index (χ1v) is 6.67. The van der Waals surface area contributed by atoms with E-state index in [0.29, 0.717) is 6.42 Å².